The summed E-state index contributed by atoms with van der Waals surface area (Å²) in [6, 6.07) is 0. The quantitative estimate of drug-likeness (QED) is 0.516. The summed E-state index contributed by atoms with van der Waals surface area (Å²) < 4.78 is 0.0808. The van der Waals surface area contributed by atoms with Crippen molar-refractivity contribution in [3.63, 3.8) is 0 Å². The summed E-state index contributed by atoms with van der Waals surface area (Å²) in [6.07, 6.45) is 18.9. The van der Waals surface area contributed by atoms with E-state index in [4.69, 9.17) is 0 Å². The third kappa shape index (κ3) is 11.0. The molecule has 134 valence electrons. The first-order valence-corrected chi connectivity index (χ1v) is 10.6. The molecule has 2 heteroatoms. The molecule has 0 bridgehead atoms. The average Bonchev–Trinajstić information content (AvgIpc) is 2.42. The fraction of sp³-hybridized carbons (Fsp3) is 0.857. The van der Waals surface area contributed by atoms with Gasteiger partial charge in [-0.2, -0.15) is 11.8 Å². The van der Waals surface area contributed by atoms with Crippen LogP contribution in [0.1, 0.15) is 98.3 Å². The van der Waals surface area contributed by atoms with E-state index in [0.29, 0.717) is 17.5 Å². The molecule has 23 heavy (non-hydrogen) atoms. The predicted molar refractivity (Wildman–Crippen MR) is 105 cm³/mol. The standard InChI is InChI=1S/C21H38OS/c1-18-14-12-10-8-6-5-7-9-11-13-15-20(16-18)23-21(3,4)17-19(2)22/h10,12,18,20H,5-9,11,13-17H2,1-4H3/b12-10-. The zero-order valence-electron chi connectivity index (χ0n) is 15.9. The monoisotopic (exact) mass is 338 g/mol. The van der Waals surface area contributed by atoms with Gasteiger partial charge < -0.3 is 0 Å². The predicted octanol–water partition coefficient (Wildman–Crippen LogP) is 6.95. The molecule has 0 radical (unpaired) electrons. The van der Waals surface area contributed by atoms with E-state index in [2.05, 4.69) is 44.7 Å². The normalized spacial score (nSPS) is 27.1. The highest BCUT2D eigenvalue weighted by molar-refractivity contribution is 8.01. The van der Waals surface area contributed by atoms with Crippen molar-refractivity contribution in [3.8, 4) is 0 Å². The van der Waals surface area contributed by atoms with E-state index < -0.39 is 0 Å². The molecule has 0 aliphatic heterocycles. The number of allylic oxidation sites excluding steroid dienone is 2. The molecular formula is C21H38OS. The van der Waals surface area contributed by atoms with Crippen LogP contribution in [-0.2, 0) is 4.79 Å². The lowest BCUT2D eigenvalue weighted by Gasteiger charge is -2.30. The highest BCUT2D eigenvalue weighted by Crippen LogP contribution is 2.37. The lowest BCUT2D eigenvalue weighted by atomic mass is 9.97. The lowest BCUT2D eigenvalue weighted by Crippen LogP contribution is -2.24. The molecule has 0 aromatic rings. The summed E-state index contributed by atoms with van der Waals surface area (Å²) in [5, 5.41) is 0.704. The number of Topliss-reactive ketones (excluding diaryl/α,β-unsaturated/α-hetero) is 1. The molecule has 2 unspecified atom stereocenters. The molecule has 0 N–H and O–H groups in total. The summed E-state index contributed by atoms with van der Waals surface area (Å²) in [6.45, 7) is 8.61. The Hall–Kier alpha value is -0.240. The van der Waals surface area contributed by atoms with Crippen molar-refractivity contribution >= 4 is 17.5 Å². The van der Waals surface area contributed by atoms with Crippen LogP contribution in [0.25, 0.3) is 0 Å². The highest BCUT2D eigenvalue weighted by atomic mass is 32.2. The molecule has 0 aromatic carbocycles. The first kappa shape index (κ1) is 20.8. The first-order chi connectivity index (χ1) is 10.9. The Kier molecular flexibility index (Phi) is 10.3. The molecule has 1 nitrogen and oxygen atoms in total. The van der Waals surface area contributed by atoms with Crippen molar-refractivity contribution in [2.45, 2.75) is 108 Å². The minimum absolute atomic E-state index is 0.0808. The summed E-state index contributed by atoms with van der Waals surface area (Å²) in [5.41, 5.74) is 0. The number of carbonyl (C=O) groups is 1. The van der Waals surface area contributed by atoms with Crippen molar-refractivity contribution in [3.05, 3.63) is 12.2 Å². The summed E-state index contributed by atoms with van der Waals surface area (Å²) in [7, 11) is 0. The van der Waals surface area contributed by atoms with E-state index in [0.717, 1.165) is 5.92 Å². The molecule has 1 aliphatic rings. The molecule has 0 saturated heterocycles. The maximum atomic E-state index is 11.5. The third-order valence-corrected chi connectivity index (χ3v) is 6.22. The number of hydrogen-bond acceptors (Lipinski definition) is 2. The Balaban J connectivity index is 2.60. The molecule has 0 amide bonds. The highest BCUT2D eigenvalue weighted by Gasteiger charge is 2.26. The van der Waals surface area contributed by atoms with Gasteiger partial charge in [-0.25, -0.2) is 0 Å². The second-order valence-corrected chi connectivity index (χ2v) is 10.1. The minimum atomic E-state index is 0.0808. The van der Waals surface area contributed by atoms with Gasteiger partial charge >= 0.3 is 0 Å². The minimum Gasteiger partial charge on any atom is -0.300 e. The SMILES string of the molecule is CC(=O)CC(C)(C)SC1CCCCCCCC/C=C\CC(C)C1. The topological polar surface area (TPSA) is 17.1 Å². The van der Waals surface area contributed by atoms with Crippen LogP contribution < -0.4 is 0 Å². The van der Waals surface area contributed by atoms with Crippen molar-refractivity contribution < 1.29 is 4.79 Å². The van der Waals surface area contributed by atoms with Crippen molar-refractivity contribution in [1.82, 2.24) is 0 Å². The van der Waals surface area contributed by atoms with Gasteiger partial charge in [0.25, 0.3) is 0 Å². The largest absolute Gasteiger partial charge is 0.300 e. The van der Waals surface area contributed by atoms with Crippen LogP contribution in [0.4, 0.5) is 0 Å². The third-order valence-electron chi connectivity index (χ3n) is 4.68. The van der Waals surface area contributed by atoms with E-state index >= 15 is 0 Å². The first-order valence-electron chi connectivity index (χ1n) is 9.71. The molecule has 0 aromatic heterocycles. The number of carbonyl (C=O) groups excluding carboxylic acids is 1. The van der Waals surface area contributed by atoms with Gasteiger partial charge in [0.15, 0.2) is 0 Å². The lowest BCUT2D eigenvalue weighted by molar-refractivity contribution is -0.117. The number of hydrogen-bond donors (Lipinski definition) is 0. The molecule has 0 fully saturated rings. The zero-order valence-corrected chi connectivity index (χ0v) is 16.7. The van der Waals surface area contributed by atoms with Gasteiger partial charge in [-0.1, -0.05) is 65.0 Å². The fourth-order valence-electron chi connectivity index (χ4n) is 3.65. The summed E-state index contributed by atoms with van der Waals surface area (Å²) in [5.74, 6) is 1.07. The van der Waals surface area contributed by atoms with Gasteiger partial charge in [-0.3, -0.25) is 4.79 Å². The Bertz CT molecular complexity index is 359. The van der Waals surface area contributed by atoms with E-state index in [1.165, 1.54) is 64.2 Å². The van der Waals surface area contributed by atoms with Crippen molar-refractivity contribution in [2.24, 2.45) is 5.92 Å². The second kappa shape index (κ2) is 11.3. The maximum absolute atomic E-state index is 11.5. The summed E-state index contributed by atoms with van der Waals surface area (Å²) in [4.78, 5) is 11.5. The molecule has 0 heterocycles. The Labute approximate surface area is 149 Å². The van der Waals surface area contributed by atoms with E-state index in [1.54, 1.807) is 6.92 Å². The molecule has 2 atom stereocenters. The molecule has 1 rings (SSSR count). The van der Waals surface area contributed by atoms with E-state index in [9.17, 15) is 4.79 Å². The van der Waals surface area contributed by atoms with Crippen LogP contribution in [0.15, 0.2) is 12.2 Å². The van der Waals surface area contributed by atoms with Gasteiger partial charge in [0.1, 0.15) is 5.78 Å². The van der Waals surface area contributed by atoms with Crippen LogP contribution >= 0.6 is 11.8 Å². The van der Waals surface area contributed by atoms with E-state index in [1.807, 2.05) is 0 Å². The average molecular weight is 339 g/mol. The van der Waals surface area contributed by atoms with Crippen molar-refractivity contribution in [1.29, 1.82) is 0 Å². The van der Waals surface area contributed by atoms with E-state index in [-0.39, 0.29) is 4.75 Å². The van der Waals surface area contributed by atoms with Gasteiger partial charge in [0.05, 0.1) is 0 Å². The van der Waals surface area contributed by atoms with Crippen LogP contribution in [0.5, 0.6) is 0 Å². The number of ketones is 1. The Morgan fingerprint density at radius 3 is 2.43 bits per heavy atom. The van der Waals surface area contributed by atoms with Crippen LogP contribution in [0.2, 0.25) is 0 Å². The van der Waals surface area contributed by atoms with Gasteiger partial charge in [-0.05, 0) is 44.9 Å². The molecule has 0 saturated carbocycles. The molecular weight excluding hydrogens is 300 g/mol. The van der Waals surface area contributed by atoms with Gasteiger partial charge in [0, 0.05) is 16.4 Å². The summed E-state index contributed by atoms with van der Waals surface area (Å²) >= 11 is 2.07. The number of rotatable bonds is 4. The Morgan fingerprint density at radius 1 is 1.09 bits per heavy atom. The second-order valence-electron chi connectivity index (χ2n) is 8.12. The van der Waals surface area contributed by atoms with Crippen LogP contribution in [0, 0.1) is 5.92 Å². The van der Waals surface area contributed by atoms with Gasteiger partial charge in [-0.15, -0.1) is 0 Å². The molecule has 0 spiro atoms. The smallest absolute Gasteiger partial charge is 0.131 e. The maximum Gasteiger partial charge on any atom is 0.131 e. The fourth-order valence-corrected chi connectivity index (χ4v) is 5.55. The van der Waals surface area contributed by atoms with Crippen molar-refractivity contribution in [2.75, 3.05) is 0 Å². The Morgan fingerprint density at radius 2 is 1.74 bits per heavy atom. The van der Waals surface area contributed by atoms with Gasteiger partial charge in [0.2, 0.25) is 0 Å². The zero-order chi connectivity index (χ0) is 17.1. The van der Waals surface area contributed by atoms with Crippen LogP contribution in [0.3, 0.4) is 0 Å². The number of thioether (sulfide) groups is 1. The van der Waals surface area contributed by atoms with Crippen LogP contribution in [-0.4, -0.2) is 15.8 Å². The molecule has 1 aliphatic carbocycles.